The van der Waals surface area contributed by atoms with Crippen LogP contribution < -0.4 is 10.1 Å². The Balaban J connectivity index is 2.04. The van der Waals surface area contributed by atoms with Gasteiger partial charge in [-0.1, -0.05) is 33.6 Å². The highest BCUT2D eigenvalue weighted by molar-refractivity contribution is 9.11. The van der Waals surface area contributed by atoms with Gasteiger partial charge in [0.2, 0.25) is 5.75 Å². The maximum atomic E-state index is 12.7. The van der Waals surface area contributed by atoms with Gasteiger partial charge in [0.25, 0.3) is 11.6 Å². The highest BCUT2D eigenvalue weighted by atomic mass is 79.9. The van der Waals surface area contributed by atoms with E-state index in [1.165, 1.54) is 18.2 Å². The molecule has 0 heterocycles. The minimum absolute atomic E-state index is 0.0356. The average molecular weight is 623 g/mol. The molecule has 0 unspecified atom stereocenters. The van der Waals surface area contributed by atoms with Crippen LogP contribution in [0.3, 0.4) is 0 Å². The zero-order chi connectivity index (χ0) is 25.7. The summed E-state index contributed by atoms with van der Waals surface area (Å²) in [6, 6.07) is 14.2. The number of amides is 1. The summed E-state index contributed by atoms with van der Waals surface area (Å²) >= 11 is 12.5. The Morgan fingerprint density at radius 2 is 1.83 bits per heavy atom. The van der Waals surface area contributed by atoms with Gasteiger partial charge in [-0.15, -0.1) is 0 Å². The van der Waals surface area contributed by atoms with Crippen LogP contribution in [-0.2, 0) is 4.79 Å². The Morgan fingerprint density at radius 1 is 1.09 bits per heavy atom. The molecule has 10 nitrogen and oxygen atoms in total. The number of ether oxygens (including phenoxy) is 1. The van der Waals surface area contributed by atoms with E-state index in [0.717, 1.165) is 18.2 Å². The van der Waals surface area contributed by atoms with Crippen molar-refractivity contribution in [2.24, 2.45) is 0 Å². The third-order valence-corrected chi connectivity index (χ3v) is 5.63. The normalized spacial score (nSPS) is 10.9. The van der Waals surface area contributed by atoms with E-state index in [1.807, 2.05) is 6.07 Å². The average Bonchev–Trinajstić information content (AvgIpc) is 2.79. The minimum Gasteiger partial charge on any atom is -0.448 e. The molecule has 0 aliphatic rings. The third-order valence-electron chi connectivity index (χ3n) is 4.35. The van der Waals surface area contributed by atoms with Crippen molar-refractivity contribution < 1.29 is 19.4 Å². The Labute approximate surface area is 219 Å². The number of non-ortho nitro benzene ring substituents is 1. The lowest BCUT2D eigenvalue weighted by molar-refractivity contribution is -0.394. The molecule has 0 atom stereocenters. The summed E-state index contributed by atoms with van der Waals surface area (Å²) in [6.45, 7) is 0. The topological polar surface area (TPSA) is 148 Å². The number of carbonyl (C=O) groups excluding carboxylic acids is 1. The Morgan fingerprint density at radius 3 is 2.46 bits per heavy atom. The molecule has 0 radical (unpaired) electrons. The predicted octanol–water partition coefficient (Wildman–Crippen LogP) is 7.02. The van der Waals surface area contributed by atoms with Gasteiger partial charge >= 0.3 is 5.69 Å². The molecule has 0 aliphatic heterocycles. The number of carbonyl (C=O) groups is 1. The number of nitro benzene ring substituents is 2. The number of hydrogen-bond donors (Lipinski definition) is 1. The number of anilines is 1. The molecule has 13 heteroatoms. The molecule has 0 aliphatic carbocycles. The van der Waals surface area contributed by atoms with Gasteiger partial charge in [0.15, 0.2) is 0 Å². The number of halogens is 3. The van der Waals surface area contributed by atoms with E-state index in [4.69, 9.17) is 16.3 Å². The van der Waals surface area contributed by atoms with E-state index >= 15 is 0 Å². The summed E-state index contributed by atoms with van der Waals surface area (Å²) in [6.07, 6.45) is 1.24. The second-order valence-electron chi connectivity index (χ2n) is 6.71. The van der Waals surface area contributed by atoms with E-state index in [1.54, 1.807) is 24.3 Å². The van der Waals surface area contributed by atoms with E-state index < -0.39 is 27.1 Å². The Bertz CT molecular complexity index is 1440. The number of nitriles is 1. The minimum atomic E-state index is -0.816. The maximum absolute atomic E-state index is 12.7. The first-order valence-corrected chi connectivity index (χ1v) is 11.3. The summed E-state index contributed by atoms with van der Waals surface area (Å²) in [7, 11) is 0. The molecule has 3 rings (SSSR count). The van der Waals surface area contributed by atoms with E-state index in [-0.39, 0.29) is 22.6 Å². The van der Waals surface area contributed by atoms with Crippen LogP contribution in [0.2, 0.25) is 5.02 Å². The number of nitro groups is 2. The molecule has 0 saturated heterocycles. The number of nitrogens with one attached hydrogen (secondary N) is 1. The van der Waals surface area contributed by atoms with E-state index in [2.05, 4.69) is 37.2 Å². The fourth-order valence-electron chi connectivity index (χ4n) is 2.82. The molecule has 35 heavy (non-hydrogen) atoms. The predicted molar refractivity (Wildman–Crippen MR) is 135 cm³/mol. The number of nitrogens with zero attached hydrogens (tertiary/aromatic N) is 3. The summed E-state index contributed by atoms with van der Waals surface area (Å²) in [4.78, 5) is 33.6. The van der Waals surface area contributed by atoms with E-state index in [0.29, 0.717) is 19.7 Å². The summed E-state index contributed by atoms with van der Waals surface area (Å²) in [5.74, 6) is -0.966. The van der Waals surface area contributed by atoms with Crippen molar-refractivity contribution in [3.8, 4) is 17.6 Å². The first kappa shape index (κ1) is 25.8. The molecule has 176 valence electrons. The number of rotatable bonds is 7. The van der Waals surface area contributed by atoms with Gasteiger partial charge < -0.3 is 10.1 Å². The van der Waals surface area contributed by atoms with Gasteiger partial charge in [-0.2, -0.15) is 5.26 Å². The third kappa shape index (κ3) is 6.42. The van der Waals surface area contributed by atoms with Gasteiger partial charge in [-0.05, 0) is 58.4 Å². The SMILES string of the molecule is N#C/C(=C\c1cc(Br)cc(Br)c1Oc1ccc([N+](=O)[O-])cc1[N+](=O)[O-])C(=O)Nc1cccc(Cl)c1. The molecule has 0 bridgehead atoms. The van der Waals surface area contributed by atoms with Gasteiger partial charge in [0.1, 0.15) is 17.4 Å². The highest BCUT2D eigenvalue weighted by Crippen LogP contribution is 2.41. The van der Waals surface area contributed by atoms with Crippen molar-refractivity contribution in [2.45, 2.75) is 0 Å². The zero-order valence-corrected chi connectivity index (χ0v) is 21.1. The van der Waals surface area contributed by atoms with Crippen molar-refractivity contribution in [2.75, 3.05) is 5.32 Å². The van der Waals surface area contributed by atoms with Crippen LogP contribution in [0.1, 0.15) is 5.56 Å². The highest BCUT2D eigenvalue weighted by Gasteiger charge is 2.23. The molecule has 1 N–H and O–H groups in total. The Kier molecular flexibility index (Phi) is 8.18. The lowest BCUT2D eigenvalue weighted by atomic mass is 10.1. The van der Waals surface area contributed by atoms with Gasteiger partial charge in [0, 0.05) is 26.8 Å². The van der Waals surface area contributed by atoms with Crippen LogP contribution in [0.25, 0.3) is 6.08 Å². The summed E-state index contributed by atoms with van der Waals surface area (Å²) < 4.78 is 6.63. The molecule has 3 aromatic rings. The van der Waals surface area contributed by atoms with Crippen molar-refractivity contribution >= 4 is 72.5 Å². The molecule has 0 spiro atoms. The fourth-order valence-corrected chi connectivity index (χ4v) is 4.35. The summed E-state index contributed by atoms with van der Waals surface area (Å²) in [5.41, 5.74) is -0.821. The smallest absolute Gasteiger partial charge is 0.318 e. The second kappa shape index (κ2) is 11.1. The van der Waals surface area contributed by atoms with Crippen molar-refractivity contribution in [3.05, 3.63) is 99.9 Å². The van der Waals surface area contributed by atoms with Gasteiger partial charge in [-0.25, -0.2) is 0 Å². The standard InChI is InChI=1S/C22H11Br2ClN4O6/c23-14-7-12(6-13(11-26)22(30)27-16-3-1-2-15(25)9-16)21(18(24)8-14)35-20-5-4-17(28(31)32)10-19(20)29(33)34/h1-10H,(H,27,30)/b13-6+. The molecule has 1 amide bonds. The number of hydrogen-bond acceptors (Lipinski definition) is 7. The van der Waals surface area contributed by atoms with Crippen molar-refractivity contribution in [3.63, 3.8) is 0 Å². The van der Waals surface area contributed by atoms with Crippen LogP contribution in [0.5, 0.6) is 11.5 Å². The monoisotopic (exact) mass is 620 g/mol. The molecule has 0 aromatic heterocycles. The van der Waals surface area contributed by atoms with Crippen molar-refractivity contribution in [1.29, 1.82) is 5.26 Å². The van der Waals surface area contributed by atoms with Crippen LogP contribution in [0.4, 0.5) is 17.1 Å². The van der Waals surface area contributed by atoms with Gasteiger partial charge in [0.05, 0.1) is 20.4 Å². The maximum Gasteiger partial charge on any atom is 0.318 e. The first-order valence-electron chi connectivity index (χ1n) is 9.37. The largest absolute Gasteiger partial charge is 0.448 e. The van der Waals surface area contributed by atoms with E-state index in [9.17, 15) is 30.3 Å². The molecular formula is C22H11Br2ClN4O6. The molecular weight excluding hydrogens is 612 g/mol. The lowest BCUT2D eigenvalue weighted by Crippen LogP contribution is -2.13. The van der Waals surface area contributed by atoms with Gasteiger partial charge in [-0.3, -0.25) is 25.0 Å². The fraction of sp³-hybridized carbons (Fsp3) is 0. The quantitative estimate of drug-likeness (QED) is 0.129. The van der Waals surface area contributed by atoms with Crippen LogP contribution in [0.15, 0.2) is 69.1 Å². The molecule has 0 fully saturated rings. The lowest BCUT2D eigenvalue weighted by Gasteiger charge is -2.13. The van der Waals surface area contributed by atoms with Crippen LogP contribution >= 0.6 is 43.5 Å². The van der Waals surface area contributed by atoms with Crippen molar-refractivity contribution in [1.82, 2.24) is 0 Å². The molecule has 3 aromatic carbocycles. The Hall–Kier alpha value is -3.79. The van der Waals surface area contributed by atoms with Crippen LogP contribution in [-0.4, -0.2) is 15.8 Å². The first-order chi connectivity index (χ1) is 16.6. The van der Waals surface area contributed by atoms with Crippen LogP contribution in [0, 0.1) is 31.6 Å². The second-order valence-corrected chi connectivity index (χ2v) is 8.92. The zero-order valence-electron chi connectivity index (χ0n) is 17.2. The number of benzene rings is 3. The summed E-state index contributed by atoms with van der Waals surface area (Å²) in [5, 5.41) is 35.0. The molecule has 0 saturated carbocycles.